The average Bonchev–Trinajstić information content (AvgIpc) is 2.55. The molecule has 0 aliphatic carbocycles. The Morgan fingerprint density at radius 3 is 3.00 bits per heavy atom. The summed E-state index contributed by atoms with van der Waals surface area (Å²) in [5, 5.41) is 8.87. The number of benzene rings is 2. The van der Waals surface area contributed by atoms with Crippen LogP contribution in [0.5, 0.6) is 11.5 Å². The maximum atomic E-state index is 8.87. The summed E-state index contributed by atoms with van der Waals surface area (Å²) < 4.78 is 11.4. The first-order chi connectivity index (χ1) is 10.4. The van der Waals surface area contributed by atoms with Crippen molar-refractivity contribution in [1.29, 1.82) is 5.26 Å². The first-order valence-corrected chi connectivity index (χ1v) is 6.96. The van der Waals surface area contributed by atoms with E-state index in [1.54, 1.807) is 12.1 Å². The monoisotopic (exact) mass is 280 g/mol. The van der Waals surface area contributed by atoms with Gasteiger partial charge in [-0.25, -0.2) is 0 Å². The first kappa shape index (κ1) is 13.3. The second-order valence-corrected chi connectivity index (χ2v) is 4.79. The van der Waals surface area contributed by atoms with Crippen LogP contribution in [0, 0.1) is 11.3 Å². The number of rotatable bonds is 4. The van der Waals surface area contributed by atoms with Crippen LogP contribution < -0.4 is 14.4 Å². The molecule has 0 fully saturated rings. The van der Waals surface area contributed by atoms with Crippen LogP contribution >= 0.6 is 0 Å². The Labute approximate surface area is 124 Å². The molecular formula is C17H16N2O2. The van der Waals surface area contributed by atoms with Crippen LogP contribution in [0.1, 0.15) is 5.56 Å². The number of ether oxygens (including phenoxy) is 2. The van der Waals surface area contributed by atoms with Crippen molar-refractivity contribution in [2.45, 2.75) is 0 Å². The molecule has 0 radical (unpaired) electrons. The molecule has 21 heavy (non-hydrogen) atoms. The van der Waals surface area contributed by atoms with Crippen LogP contribution in [-0.4, -0.2) is 26.3 Å². The number of fused-ring (bicyclic) bond motifs is 1. The maximum Gasteiger partial charge on any atom is 0.142 e. The van der Waals surface area contributed by atoms with Crippen molar-refractivity contribution >= 4 is 5.69 Å². The van der Waals surface area contributed by atoms with E-state index in [4.69, 9.17) is 14.7 Å². The number of nitriles is 1. The van der Waals surface area contributed by atoms with Crippen molar-refractivity contribution in [2.75, 3.05) is 31.2 Å². The molecule has 4 heteroatoms. The molecule has 0 atom stereocenters. The number of para-hydroxylation sites is 2. The molecule has 0 amide bonds. The summed E-state index contributed by atoms with van der Waals surface area (Å²) >= 11 is 0. The van der Waals surface area contributed by atoms with Gasteiger partial charge in [-0.2, -0.15) is 5.26 Å². The molecule has 3 rings (SSSR count). The van der Waals surface area contributed by atoms with Gasteiger partial charge in [-0.3, -0.25) is 0 Å². The van der Waals surface area contributed by atoms with Gasteiger partial charge in [0.2, 0.25) is 0 Å². The normalized spacial score (nSPS) is 13.0. The van der Waals surface area contributed by atoms with E-state index >= 15 is 0 Å². The van der Waals surface area contributed by atoms with Gasteiger partial charge in [0, 0.05) is 0 Å². The van der Waals surface area contributed by atoms with Crippen molar-refractivity contribution in [3.05, 3.63) is 54.1 Å². The van der Waals surface area contributed by atoms with Crippen LogP contribution in [-0.2, 0) is 0 Å². The Morgan fingerprint density at radius 1 is 1.19 bits per heavy atom. The van der Waals surface area contributed by atoms with Crippen LogP contribution in [0.4, 0.5) is 5.69 Å². The molecule has 0 unspecified atom stereocenters. The zero-order valence-electron chi connectivity index (χ0n) is 11.7. The summed E-state index contributed by atoms with van der Waals surface area (Å²) in [4.78, 5) is 2.26. The fourth-order valence-electron chi connectivity index (χ4n) is 2.39. The van der Waals surface area contributed by atoms with Gasteiger partial charge in [0.25, 0.3) is 0 Å². The molecule has 0 saturated heterocycles. The Hall–Kier alpha value is -2.67. The van der Waals surface area contributed by atoms with Crippen molar-refractivity contribution in [2.24, 2.45) is 0 Å². The molecular weight excluding hydrogens is 264 g/mol. The molecule has 0 spiro atoms. The highest BCUT2D eigenvalue weighted by molar-refractivity contribution is 5.59. The smallest absolute Gasteiger partial charge is 0.142 e. The van der Waals surface area contributed by atoms with Crippen LogP contribution in [0.2, 0.25) is 0 Å². The third kappa shape index (κ3) is 3.09. The molecule has 0 saturated carbocycles. The third-order valence-electron chi connectivity index (χ3n) is 3.42. The second-order valence-electron chi connectivity index (χ2n) is 4.79. The van der Waals surface area contributed by atoms with Gasteiger partial charge in [-0.05, 0) is 30.3 Å². The minimum Gasteiger partial charge on any atom is -0.492 e. The fraction of sp³-hybridized carbons (Fsp3) is 0.235. The van der Waals surface area contributed by atoms with E-state index in [2.05, 4.69) is 17.0 Å². The molecule has 2 aromatic rings. The van der Waals surface area contributed by atoms with Crippen molar-refractivity contribution in [3.8, 4) is 17.6 Å². The standard InChI is InChI=1S/C17H16N2O2/c18-13-14-4-3-5-15(12-14)20-10-8-19-9-11-21-17-7-2-1-6-16(17)19/h1-7,12H,8-11H2. The summed E-state index contributed by atoms with van der Waals surface area (Å²) in [5.41, 5.74) is 1.72. The lowest BCUT2D eigenvalue weighted by Gasteiger charge is -2.31. The SMILES string of the molecule is N#Cc1cccc(OCCN2CCOc3ccccc32)c1. The van der Waals surface area contributed by atoms with Gasteiger partial charge in [0.1, 0.15) is 24.7 Å². The lowest BCUT2D eigenvalue weighted by Crippen LogP contribution is -2.35. The van der Waals surface area contributed by atoms with Gasteiger partial charge in [0.05, 0.1) is 30.4 Å². The van der Waals surface area contributed by atoms with E-state index in [9.17, 15) is 0 Å². The van der Waals surface area contributed by atoms with Crippen molar-refractivity contribution < 1.29 is 9.47 Å². The fourth-order valence-corrected chi connectivity index (χ4v) is 2.39. The highest BCUT2D eigenvalue weighted by Crippen LogP contribution is 2.30. The second kappa shape index (κ2) is 6.19. The van der Waals surface area contributed by atoms with E-state index < -0.39 is 0 Å². The number of hydrogen-bond donors (Lipinski definition) is 0. The number of anilines is 1. The largest absolute Gasteiger partial charge is 0.492 e. The number of hydrogen-bond acceptors (Lipinski definition) is 4. The molecule has 1 aliphatic rings. The van der Waals surface area contributed by atoms with E-state index in [1.165, 1.54) is 0 Å². The summed E-state index contributed by atoms with van der Waals surface area (Å²) in [7, 11) is 0. The highest BCUT2D eigenvalue weighted by atomic mass is 16.5. The minimum absolute atomic E-state index is 0.573. The lowest BCUT2D eigenvalue weighted by molar-refractivity contribution is 0.288. The minimum atomic E-state index is 0.573. The molecule has 1 heterocycles. The van der Waals surface area contributed by atoms with Gasteiger partial charge in [-0.1, -0.05) is 18.2 Å². The Kier molecular flexibility index (Phi) is 3.92. The molecule has 1 aliphatic heterocycles. The molecule has 2 aromatic carbocycles. The highest BCUT2D eigenvalue weighted by Gasteiger charge is 2.16. The first-order valence-electron chi connectivity index (χ1n) is 6.96. The Bertz CT molecular complexity index is 664. The predicted molar refractivity (Wildman–Crippen MR) is 80.8 cm³/mol. The van der Waals surface area contributed by atoms with Crippen molar-refractivity contribution in [3.63, 3.8) is 0 Å². The quantitative estimate of drug-likeness (QED) is 0.864. The molecule has 4 nitrogen and oxygen atoms in total. The summed E-state index contributed by atoms with van der Waals surface area (Å²) in [6.45, 7) is 2.92. The summed E-state index contributed by atoms with van der Waals surface area (Å²) in [5.74, 6) is 1.66. The van der Waals surface area contributed by atoms with Gasteiger partial charge in [0.15, 0.2) is 0 Å². The average molecular weight is 280 g/mol. The van der Waals surface area contributed by atoms with E-state index in [0.29, 0.717) is 18.8 Å². The Balaban J connectivity index is 1.60. The lowest BCUT2D eigenvalue weighted by atomic mass is 10.2. The van der Waals surface area contributed by atoms with Crippen LogP contribution in [0.25, 0.3) is 0 Å². The van der Waals surface area contributed by atoms with E-state index in [1.807, 2.05) is 30.3 Å². The predicted octanol–water partition coefficient (Wildman–Crippen LogP) is 2.84. The van der Waals surface area contributed by atoms with Gasteiger partial charge in [-0.15, -0.1) is 0 Å². The van der Waals surface area contributed by atoms with Gasteiger partial charge < -0.3 is 14.4 Å². The van der Waals surface area contributed by atoms with Gasteiger partial charge >= 0.3 is 0 Å². The zero-order chi connectivity index (χ0) is 14.5. The Morgan fingerprint density at radius 2 is 2.10 bits per heavy atom. The zero-order valence-corrected chi connectivity index (χ0v) is 11.7. The number of nitrogens with zero attached hydrogens (tertiary/aromatic N) is 2. The molecule has 0 N–H and O–H groups in total. The molecule has 106 valence electrons. The molecule has 0 bridgehead atoms. The summed E-state index contributed by atoms with van der Waals surface area (Å²) in [6, 6.07) is 17.4. The summed E-state index contributed by atoms with van der Waals surface area (Å²) in [6.07, 6.45) is 0. The van der Waals surface area contributed by atoms with Crippen molar-refractivity contribution in [1.82, 2.24) is 0 Å². The maximum absolute atomic E-state index is 8.87. The topological polar surface area (TPSA) is 45.5 Å². The van der Waals surface area contributed by atoms with Crippen LogP contribution in [0.3, 0.4) is 0 Å². The van der Waals surface area contributed by atoms with E-state index in [0.717, 1.165) is 30.3 Å². The van der Waals surface area contributed by atoms with Crippen LogP contribution in [0.15, 0.2) is 48.5 Å². The third-order valence-corrected chi connectivity index (χ3v) is 3.42. The molecule has 0 aromatic heterocycles. The van der Waals surface area contributed by atoms with E-state index in [-0.39, 0.29) is 0 Å².